The lowest BCUT2D eigenvalue weighted by atomic mass is 9.93. The fourth-order valence-corrected chi connectivity index (χ4v) is 2.68. The summed E-state index contributed by atoms with van der Waals surface area (Å²) in [6.07, 6.45) is -0.601. The SMILES string of the molecule is CC1(C)C(c2ccccc2)=N[C@H](c2ccccc2O)N1O. The smallest absolute Gasteiger partial charge is 0.155 e. The molecule has 108 valence electrons. The van der Waals surface area contributed by atoms with Gasteiger partial charge >= 0.3 is 0 Å². The zero-order chi connectivity index (χ0) is 15.0. The zero-order valence-electron chi connectivity index (χ0n) is 12.1. The Hall–Kier alpha value is -2.17. The van der Waals surface area contributed by atoms with Crippen molar-refractivity contribution in [3.05, 3.63) is 65.7 Å². The van der Waals surface area contributed by atoms with Crippen molar-refractivity contribution in [1.82, 2.24) is 5.06 Å². The number of hydroxylamine groups is 2. The lowest BCUT2D eigenvalue weighted by Gasteiger charge is -2.30. The molecule has 2 N–H and O–H groups in total. The van der Waals surface area contributed by atoms with E-state index >= 15 is 0 Å². The van der Waals surface area contributed by atoms with Crippen molar-refractivity contribution in [2.24, 2.45) is 4.99 Å². The average Bonchev–Trinajstić information content (AvgIpc) is 2.72. The van der Waals surface area contributed by atoms with Gasteiger partial charge in [0, 0.05) is 5.56 Å². The molecular weight excluding hydrogens is 264 g/mol. The number of phenols is 1. The van der Waals surface area contributed by atoms with E-state index in [2.05, 4.69) is 4.99 Å². The minimum absolute atomic E-state index is 0.135. The molecule has 1 atom stereocenters. The summed E-state index contributed by atoms with van der Waals surface area (Å²) in [7, 11) is 0. The highest BCUT2D eigenvalue weighted by molar-refractivity contribution is 6.08. The van der Waals surface area contributed by atoms with E-state index in [1.165, 1.54) is 5.06 Å². The number of hydrogen-bond acceptors (Lipinski definition) is 4. The van der Waals surface area contributed by atoms with Gasteiger partial charge in [-0.3, -0.25) is 4.99 Å². The third kappa shape index (κ3) is 2.22. The maximum absolute atomic E-state index is 10.5. The molecular formula is C17H18N2O2. The average molecular weight is 282 g/mol. The van der Waals surface area contributed by atoms with Gasteiger partial charge in [-0.15, -0.1) is 0 Å². The van der Waals surface area contributed by atoms with Crippen LogP contribution in [0.4, 0.5) is 0 Å². The summed E-state index contributed by atoms with van der Waals surface area (Å²) in [5.74, 6) is 0.135. The fourth-order valence-electron chi connectivity index (χ4n) is 2.68. The predicted octanol–water partition coefficient (Wildman–Crippen LogP) is 3.36. The lowest BCUT2D eigenvalue weighted by Crippen LogP contribution is -2.44. The van der Waals surface area contributed by atoms with E-state index in [0.29, 0.717) is 5.56 Å². The maximum Gasteiger partial charge on any atom is 0.155 e. The zero-order valence-corrected chi connectivity index (χ0v) is 12.1. The molecule has 0 aliphatic carbocycles. The van der Waals surface area contributed by atoms with Gasteiger partial charge in [-0.2, -0.15) is 5.06 Å². The quantitative estimate of drug-likeness (QED) is 0.888. The summed E-state index contributed by atoms with van der Waals surface area (Å²) in [5.41, 5.74) is 1.74. The van der Waals surface area contributed by atoms with Crippen LogP contribution >= 0.6 is 0 Å². The molecule has 3 rings (SSSR count). The summed E-state index contributed by atoms with van der Waals surface area (Å²) < 4.78 is 0. The number of phenolic OH excluding ortho intramolecular Hbond substituents is 1. The van der Waals surface area contributed by atoms with E-state index in [1.54, 1.807) is 18.2 Å². The predicted molar refractivity (Wildman–Crippen MR) is 81.5 cm³/mol. The summed E-state index contributed by atoms with van der Waals surface area (Å²) in [6.45, 7) is 3.83. The molecule has 0 spiro atoms. The first-order valence-electron chi connectivity index (χ1n) is 6.91. The van der Waals surface area contributed by atoms with Crippen LogP contribution in [-0.4, -0.2) is 26.6 Å². The van der Waals surface area contributed by atoms with Gasteiger partial charge in [-0.25, -0.2) is 0 Å². The van der Waals surface area contributed by atoms with Crippen LogP contribution in [-0.2, 0) is 0 Å². The highest BCUT2D eigenvalue weighted by atomic mass is 16.5. The Kier molecular flexibility index (Phi) is 3.27. The molecule has 0 radical (unpaired) electrons. The Labute approximate surface area is 124 Å². The molecule has 0 unspecified atom stereocenters. The highest BCUT2D eigenvalue weighted by Crippen LogP contribution is 2.40. The molecule has 0 aromatic heterocycles. The standard InChI is InChI=1S/C17H18N2O2/c1-17(2)15(12-8-4-3-5-9-12)18-16(19(17)21)13-10-6-7-11-14(13)20/h3-11,16,20-21H,1-2H3/t16-/m0/s1. The van der Waals surface area contributed by atoms with Gasteiger partial charge in [0.05, 0.1) is 11.3 Å². The first kappa shape index (κ1) is 13.8. The molecule has 2 aromatic carbocycles. The van der Waals surface area contributed by atoms with Crippen LogP contribution in [0.5, 0.6) is 5.75 Å². The van der Waals surface area contributed by atoms with Gasteiger partial charge in [-0.1, -0.05) is 48.5 Å². The first-order valence-corrected chi connectivity index (χ1v) is 6.91. The van der Waals surface area contributed by atoms with Gasteiger partial charge in [-0.05, 0) is 25.5 Å². The minimum atomic E-state index is -0.631. The molecule has 0 saturated heterocycles. The molecule has 4 nitrogen and oxygen atoms in total. The normalized spacial score (nSPS) is 21.3. The maximum atomic E-state index is 10.5. The van der Waals surface area contributed by atoms with E-state index in [9.17, 15) is 10.3 Å². The Morgan fingerprint density at radius 2 is 1.62 bits per heavy atom. The Morgan fingerprint density at radius 1 is 1.00 bits per heavy atom. The molecule has 1 aliphatic rings. The van der Waals surface area contributed by atoms with E-state index < -0.39 is 11.7 Å². The van der Waals surface area contributed by atoms with Crippen LogP contribution in [0, 0.1) is 0 Å². The van der Waals surface area contributed by atoms with Crippen molar-refractivity contribution in [3.63, 3.8) is 0 Å². The second kappa shape index (κ2) is 4.98. The van der Waals surface area contributed by atoms with Gasteiger partial charge in [0.2, 0.25) is 0 Å². The molecule has 0 bridgehead atoms. The Balaban J connectivity index is 2.09. The van der Waals surface area contributed by atoms with E-state index in [1.807, 2.05) is 50.2 Å². The van der Waals surface area contributed by atoms with Crippen molar-refractivity contribution in [3.8, 4) is 5.75 Å². The van der Waals surface area contributed by atoms with E-state index in [-0.39, 0.29) is 5.75 Å². The second-order valence-electron chi connectivity index (χ2n) is 5.68. The lowest BCUT2D eigenvalue weighted by molar-refractivity contribution is -0.159. The number of aromatic hydroxyl groups is 1. The largest absolute Gasteiger partial charge is 0.508 e. The summed E-state index contributed by atoms with van der Waals surface area (Å²) in [4.78, 5) is 4.66. The van der Waals surface area contributed by atoms with E-state index in [4.69, 9.17) is 0 Å². The number of para-hydroxylation sites is 1. The van der Waals surface area contributed by atoms with Crippen LogP contribution in [0.3, 0.4) is 0 Å². The van der Waals surface area contributed by atoms with Gasteiger partial charge < -0.3 is 10.3 Å². The third-order valence-electron chi connectivity index (χ3n) is 3.90. The van der Waals surface area contributed by atoms with Gasteiger partial charge in [0.25, 0.3) is 0 Å². The van der Waals surface area contributed by atoms with Crippen molar-refractivity contribution in [2.45, 2.75) is 25.6 Å². The van der Waals surface area contributed by atoms with Gasteiger partial charge in [0.15, 0.2) is 6.17 Å². The molecule has 2 aromatic rings. The Morgan fingerprint density at radius 3 is 2.29 bits per heavy atom. The molecule has 0 fully saturated rings. The molecule has 0 saturated carbocycles. The summed E-state index contributed by atoms with van der Waals surface area (Å²) in [5, 5.41) is 21.7. The van der Waals surface area contributed by atoms with Crippen LogP contribution < -0.4 is 0 Å². The van der Waals surface area contributed by atoms with Crippen LogP contribution in [0.25, 0.3) is 0 Å². The number of hydrogen-bond donors (Lipinski definition) is 2. The Bertz CT molecular complexity index is 680. The number of nitrogens with zero attached hydrogens (tertiary/aromatic N) is 2. The van der Waals surface area contributed by atoms with E-state index in [0.717, 1.165) is 11.3 Å². The minimum Gasteiger partial charge on any atom is -0.508 e. The molecule has 0 amide bonds. The fraction of sp³-hybridized carbons (Fsp3) is 0.235. The first-order chi connectivity index (χ1) is 10.0. The molecule has 1 heterocycles. The summed E-state index contributed by atoms with van der Waals surface area (Å²) >= 11 is 0. The monoisotopic (exact) mass is 282 g/mol. The van der Waals surface area contributed by atoms with Crippen molar-refractivity contribution in [1.29, 1.82) is 0 Å². The highest BCUT2D eigenvalue weighted by Gasteiger charge is 2.44. The van der Waals surface area contributed by atoms with Crippen molar-refractivity contribution < 1.29 is 10.3 Å². The van der Waals surface area contributed by atoms with Crippen molar-refractivity contribution >= 4 is 5.71 Å². The van der Waals surface area contributed by atoms with Crippen LogP contribution in [0.15, 0.2) is 59.6 Å². The van der Waals surface area contributed by atoms with Crippen molar-refractivity contribution in [2.75, 3.05) is 0 Å². The van der Waals surface area contributed by atoms with Crippen LogP contribution in [0.1, 0.15) is 31.1 Å². The number of benzene rings is 2. The molecule has 21 heavy (non-hydrogen) atoms. The van der Waals surface area contributed by atoms with Crippen LogP contribution in [0.2, 0.25) is 0 Å². The second-order valence-corrected chi connectivity index (χ2v) is 5.68. The molecule has 1 aliphatic heterocycles. The van der Waals surface area contributed by atoms with Gasteiger partial charge in [0.1, 0.15) is 5.75 Å². The number of rotatable bonds is 2. The third-order valence-corrected chi connectivity index (χ3v) is 3.90. The molecule has 4 heteroatoms. The topological polar surface area (TPSA) is 56.1 Å². The number of aliphatic imine (C=N–C) groups is 1. The summed E-state index contributed by atoms with van der Waals surface area (Å²) in [6, 6.07) is 16.7.